The second kappa shape index (κ2) is 4.99. The van der Waals surface area contributed by atoms with Crippen molar-refractivity contribution in [1.82, 2.24) is 14.7 Å². The summed E-state index contributed by atoms with van der Waals surface area (Å²) in [7, 11) is 1.81. The molecule has 0 spiro atoms. The minimum Gasteiger partial charge on any atom is -0.305 e. The van der Waals surface area contributed by atoms with Crippen molar-refractivity contribution in [3.63, 3.8) is 0 Å². The molecular formula is C12H14N4OS2. The number of amides is 1. The van der Waals surface area contributed by atoms with Crippen molar-refractivity contribution in [3.05, 3.63) is 26.9 Å². The standard InChI is InChI=1S/C12H14N4OS2/c1-7-14-12(15-19-7)16-5-3-8-4-6-18-10(8)9(13-2)11(16)17/h4,6,9,13H,3,5H2,1-2H3. The summed E-state index contributed by atoms with van der Waals surface area (Å²) in [6, 6.07) is 1.81. The zero-order valence-corrected chi connectivity index (χ0v) is 12.3. The van der Waals surface area contributed by atoms with E-state index < -0.39 is 0 Å². The first-order chi connectivity index (χ1) is 9.20. The molecule has 5 nitrogen and oxygen atoms in total. The van der Waals surface area contributed by atoms with Gasteiger partial charge in [0.05, 0.1) is 0 Å². The summed E-state index contributed by atoms with van der Waals surface area (Å²) in [5, 5.41) is 6.03. The van der Waals surface area contributed by atoms with E-state index in [1.807, 2.05) is 19.4 Å². The second-order valence-electron chi connectivity index (χ2n) is 4.39. The van der Waals surface area contributed by atoms with Crippen LogP contribution < -0.4 is 10.2 Å². The Morgan fingerprint density at radius 1 is 1.53 bits per heavy atom. The lowest BCUT2D eigenvalue weighted by Crippen LogP contribution is -2.39. The molecule has 3 rings (SSSR count). The normalized spacial score (nSPS) is 19.4. The molecule has 7 heteroatoms. The predicted molar refractivity (Wildman–Crippen MR) is 76.8 cm³/mol. The van der Waals surface area contributed by atoms with Crippen LogP contribution in [0, 0.1) is 6.92 Å². The molecule has 1 aliphatic rings. The molecule has 0 aromatic carbocycles. The fraction of sp³-hybridized carbons (Fsp3) is 0.417. The van der Waals surface area contributed by atoms with Crippen LogP contribution in [0.5, 0.6) is 0 Å². The Labute approximate surface area is 119 Å². The first-order valence-corrected chi connectivity index (χ1v) is 7.71. The maximum atomic E-state index is 12.6. The lowest BCUT2D eigenvalue weighted by molar-refractivity contribution is -0.120. The molecule has 0 saturated heterocycles. The number of carbonyl (C=O) groups is 1. The van der Waals surface area contributed by atoms with E-state index in [-0.39, 0.29) is 11.9 Å². The predicted octanol–water partition coefficient (Wildman–Crippen LogP) is 1.76. The van der Waals surface area contributed by atoms with E-state index in [4.69, 9.17) is 0 Å². The third-order valence-electron chi connectivity index (χ3n) is 3.21. The third kappa shape index (κ3) is 2.18. The Kier molecular flexibility index (Phi) is 3.34. The first-order valence-electron chi connectivity index (χ1n) is 6.06. The number of hydrogen-bond donors (Lipinski definition) is 1. The van der Waals surface area contributed by atoms with Crippen LogP contribution in [0.4, 0.5) is 5.95 Å². The Morgan fingerprint density at radius 2 is 2.37 bits per heavy atom. The minimum atomic E-state index is -0.290. The highest BCUT2D eigenvalue weighted by Crippen LogP contribution is 2.31. The number of likely N-dealkylation sites (N-methyl/N-ethyl adjacent to an activating group) is 1. The van der Waals surface area contributed by atoms with Crippen LogP contribution in [0.25, 0.3) is 0 Å². The van der Waals surface area contributed by atoms with Gasteiger partial charge in [-0.3, -0.25) is 9.69 Å². The highest BCUT2D eigenvalue weighted by molar-refractivity contribution is 7.10. The summed E-state index contributed by atoms with van der Waals surface area (Å²) >= 11 is 2.96. The number of fused-ring (bicyclic) bond motifs is 1. The number of carbonyl (C=O) groups excluding carboxylic acids is 1. The van der Waals surface area contributed by atoms with Gasteiger partial charge in [-0.15, -0.1) is 11.3 Å². The van der Waals surface area contributed by atoms with Crippen molar-refractivity contribution >= 4 is 34.7 Å². The van der Waals surface area contributed by atoms with Crippen LogP contribution in [0.15, 0.2) is 11.4 Å². The topological polar surface area (TPSA) is 58.1 Å². The summed E-state index contributed by atoms with van der Waals surface area (Å²) in [6.07, 6.45) is 0.848. The van der Waals surface area contributed by atoms with Gasteiger partial charge in [-0.05, 0) is 48.9 Å². The Hall–Kier alpha value is -1.31. The number of thiophene rings is 1. The van der Waals surface area contributed by atoms with Gasteiger partial charge in [0.1, 0.15) is 11.0 Å². The SMILES string of the molecule is CNC1C(=O)N(c2nsc(C)n2)CCc2ccsc21. The summed E-state index contributed by atoms with van der Waals surface area (Å²) in [6.45, 7) is 2.53. The van der Waals surface area contributed by atoms with Crippen LogP contribution in [-0.4, -0.2) is 28.9 Å². The van der Waals surface area contributed by atoms with Gasteiger partial charge in [-0.2, -0.15) is 4.37 Å². The van der Waals surface area contributed by atoms with Crippen LogP contribution >= 0.6 is 22.9 Å². The number of hydrogen-bond acceptors (Lipinski definition) is 6. The van der Waals surface area contributed by atoms with Crippen molar-refractivity contribution in [2.75, 3.05) is 18.5 Å². The molecule has 3 heterocycles. The molecule has 19 heavy (non-hydrogen) atoms. The van der Waals surface area contributed by atoms with E-state index in [2.05, 4.69) is 20.7 Å². The molecule has 0 fully saturated rings. The molecule has 0 bridgehead atoms. The van der Waals surface area contributed by atoms with Gasteiger partial charge >= 0.3 is 0 Å². The molecule has 2 aromatic rings. The van der Waals surface area contributed by atoms with Crippen molar-refractivity contribution in [1.29, 1.82) is 0 Å². The average Bonchev–Trinajstić information content (AvgIpc) is 2.98. The van der Waals surface area contributed by atoms with Crippen molar-refractivity contribution in [2.45, 2.75) is 19.4 Å². The maximum absolute atomic E-state index is 12.6. The van der Waals surface area contributed by atoms with Gasteiger partial charge < -0.3 is 5.32 Å². The van der Waals surface area contributed by atoms with Crippen molar-refractivity contribution in [3.8, 4) is 0 Å². The number of anilines is 1. The van der Waals surface area contributed by atoms with Gasteiger partial charge in [-0.25, -0.2) is 4.98 Å². The smallest absolute Gasteiger partial charge is 0.251 e. The van der Waals surface area contributed by atoms with Crippen LogP contribution in [0.1, 0.15) is 21.5 Å². The average molecular weight is 294 g/mol. The quantitative estimate of drug-likeness (QED) is 0.917. The first kappa shape index (κ1) is 12.7. The molecule has 0 radical (unpaired) electrons. The Bertz CT molecular complexity index is 606. The molecule has 100 valence electrons. The van der Waals surface area contributed by atoms with Gasteiger partial charge in [0.15, 0.2) is 0 Å². The monoisotopic (exact) mass is 294 g/mol. The van der Waals surface area contributed by atoms with E-state index in [9.17, 15) is 4.79 Å². The molecule has 1 atom stereocenters. The van der Waals surface area contributed by atoms with Crippen LogP contribution in [0.3, 0.4) is 0 Å². The zero-order chi connectivity index (χ0) is 13.4. The van der Waals surface area contributed by atoms with E-state index in [1.54, 1.807) is 16.2 Å². The van der Waals surface area contributed by atoms with E-state index in [0.29, 0.717) is 12.5 Å². The maximum Gasteiger partial charge on any atom is 0.251 e. The van der Waals surface area contributed by atoms with Gasteiger partial charge in [0.25, 0.3) is 5.91 Å². The molecule has 0 saturated carbocycles. The Morgan fingerprint density at radius 3 is 3.05 bits per heavy atom. The summed E-state index contributed by atoms with van der Waals surface area (Å²) in [5.41, 5.74) is 1.24. The summed E-state index contributed by atoms with van der Waals surface area (Å²) < 4.78 is 4.26. The third-order valence-corrected chi connectivity index (χ3v) is 4.84. The van der Waals surface area contributed by atoms with Gasteiger partial charge in [0, 0.05) is 11.4 Å². The summed E-state index contributed by atoms with van der Waals surface area (Å²) in [4.78, 5) is 19.8. The fourth-order valence-corrected chi connectivity index (χ4v) is 3.80. The fourth-order valence-electron chi connectivity index (χ4n) is 2.27. The molecule has 1 aliphatic heterocycles. The van der Waals surface area contributed by atoms with Gasteiger partial charge in [0.2, 0.25) is 5.95 Å². The van der Waals surface area contributed by atoms with E-state index in [0.717, 1.165) is 16.3 Å². The molecule has 1 unspecified atom stereocenters. The van der Waals surface area contributed by atoms with Crippen LogP contribution in [0.2, 0.25) is 0 Å². The highest BCUT2D eigenvalue weighted by atomic mass is 32.1. The minimum absolute atomic E-state index is 0.0292. The molecular weight excluding hydrogens is 280 g/mol. The number of nitrogens with zero attached hydrogens (tertiary/aromatic N) is 3. The Balaban J connectivity index is 1.98. The molecule has 1 N–H and O–H groups in total. The highest BCUT2D eigenvalue weighted by Gasteiger charge is 2.33. The van der Waals surface area contributed by atoms with E-state index in [1.165, 1.54) is 17.1 Å². The van der Waals surface area contributed by atoms with E-state index >= 15 is 0 Å². The molecule has 0 aliphatic carbocycles. The number of aryl methyl sites for hydroxylation is 1. The largest absolute Gasteiger partial charge is 0.305 e. The lowest BCUT2D eigenvalue weighted by Gasteiger charge is -2.20. The summed E-state index contributed by atoms with van der Waals surface area (Å²) in [5.74, 6) is 0.560. The lowest BCUT2D eigenvalue weighted by atomic mass is 10.1. The van der Waals surface area contributed by atoms with Gasteiger partial charge in [-0.1, -0.05) is 0 Å². The zero-order valence-electron chi connectivity index (χ0n) is 10.7. The van der Waals surface area contributed by atoms with Crippen LogP contribution in [-0.2, 0) is 11.2 Å². The number of nitrogens with one attached hydrogen (secondary N) is 1. The second-order valence-corrected chi connectivity index (χ2v) is 6.29. The molecule has 1 amide bonds. The van der Waals surface area contributed by atoms with Crippen molar-refractivity contribution < 1.29 is 4.79 Å². The van der Waals surface area contributed by atoms with Crippen molar-refractivity contribution in [2.24, 2.45) is 0 Å². The molecule has 2 aromatic heterocycles. The number of rotatable bonds is 2. The number of aromatic nitrogens is 2.